The summed E-state index contributed by atoms with van der Waals surface area (Å²) in [7, 11) is 3.17. The standard InChI is InChI=1S/C29H32ClN3O4/c1-35-26-14-9-21(19-27(26)36-2)20-29(34)31-16-15-28-32-24-7-3-4-8-25(24)33(28)17-5-6-18-37-23-12-10-22(30)11-13-23/h3-4,7-14,19H,5-6,15-18,20H2,1-2H3,(H,31,34). The Balaban J connectivity index is 1.30. The van der Waals surface area contributed by atoms with Gasteiger partial charge in [-0.25, -0.2) is 4.98 Å². The molecule has 0 atom stereocenters. The van der Waals surface area contributed by atoms with Crippen molar-refractivity contribution in [1.82, 2.24) is 14.9 Å². The monoisotopic (exact) mass is 521 g/mol. The topological polar surface area (TPSA) is 74.6 Å². The summed E-state index contributed by atoms with van der Waals surface area (Å²) in [6, 6.07) is 21.1. The van der Waals surface area contributed by atoms with Crippen molar-refractivity contribution in [2.45, 2.75) is 32.2 Å². The summed E-state index contributed by atoms with van der Waals surface area (Å²) in [5, 5.41) is 3.72. The molecule has 0 saturated heterocycles. The Morgan fingerprint density at radius 1 is 0.973 bits per heavy atom. The number of unbranched alkanes of at least 4 members (excludes halogenated alkanes) is 1. The maximum atomic E-state index is 12.6. The molecule has 0 fully saturated rings. The molecule has 3 aromatic carbocycles. The summed E-state index contributed by atoms with van der Waals surface area (Å²) in [6.07, 6.45) is 2.78. The Morgan fingerprint density at radius 3 is 2.54 bits per heavy atom. The summed E-state index contributed by atoms with van der Waals surface area (Å²) < 4.78 is 18.7. The number of amides is 1. The number of methoxy groups -OCH3 is 2. The van der Waals surface area contributed by atoms with E-state index >= 15 is 0 Å². The van der Waals surface area contributed by atoms with Crippen molar-refractivity contribution in [3.63, 3.8) is 0 Å². The third kappa shape index (κ3) is 7.17. The van der Waals surface area contributed by atoms with Gasteiger partial charge in [-0.15, -0.1) is 0 Å². The SMILES string of the molecule is COc1ccc(CC(=O)NCCc2nc3ccccc3n2CCCCOc2ccc(Cl)cc2)cc1OC. The van der Waals surface area contributed by atoms with Crippen molar-refractivity contribution in [1.29, 1.82) is 0 Å². The fourth-order valence-corrected chi connectivity index (χ4v) is 4.34. The fraction of sp³-hybridized carbons (Fsp3) is 0.310. The van der Waals surface area contributed by atoms with E-state index in [0.717, 1.165) is 47.6 Å². The number of para-hydroxylation sites is 2. The Labute approximate surface area is 222 Å². The molecule has 0 aliphatic carbocycles. The van der Waals surface area contributed by atoms with Crippen molar-refractivity contribution < 1.29 is 19.0 Å². The van der Waals surface area contributed by atoms with Gasteiger partial charge in [0.25, 0.3) is 0 Å². The average Bonchev–Trinajstić information content (AvgIpc) is 3.26. The van der Waals surface area contributed by atoms with Crippen LogP contribution in [0.2, 0.25) is 5.02 Å². The Kier molecular flexibility index (Phi) is 9.27. The molecule has 0 bridgehead atoms. The van der Waals surface area contributed by atoms with Gasteiger partial charge in [-0.1, -0.05) is 29.8 Å². The first-order valence-corrected chi connectivity index (χ1v) is 12.8. The molecule has 8 heteroatoms. The number of benzene rings is 3. The molecule has 1 amide bonds. The molecule has 4 aromatic rings. The molecule has 0 spiro atoms. The third-order valence-electron chi connectivity index (χ3n) is 6.08. The molecule has 4 rings (SSSR count). The molecule has 0 saturated carbocycles. The highest BCUT2D eigenvalue weighted by molar-refractivity contribution is 6.30. The smallest absolute Gasteiger partial charge is 0.224 e. The zero-order valence-electron chi connectivity index (χ0n) is 21.2. The molecule has 0 radical (unpaired) electrons. The van der Waals surface area contributed by atoms with E-state index in [2.05, 4.69) is 16.0 Å². The first-order chi connectivity index (χ1) is 18.1. The van der Waals surface area contributed by atoms with E-state index in [1.807, 2.05) is 60.7 Å². The normalized spacial score (nSPS) is 10.9. The zero-order chi connectivity index (χ0) is 26.0. The fourth-order valence-electron chi connectivity index (χ4n) is 4.21. The minimum absolute atomic E-state index is 0.0470. The summed E-state index contributed by atoms with van der Waals surface area (Å²) in [5.74, 6) is 2.99. The van der Waals surface area contributed by atoms with Gasteiger partial charge in [-0.3, -0.25) is 4.79 Å². The number of halogens is 1. The van der Waals surface area contributed by atoms with Crippen LogP contribution in [0.4, 0.5) is 0 Å². The number of fused-ring (bicyclic) bond motifs is 1. The first kappa shape index (κ1) is 26.4. The Hall–Kier alpha value is -3.71. The second-order valence-electron chi connectivity index (χ2n) is 8.64. The predicted octanol–water partition coefficient (Wildman–Crippen LogP) is 5.47. The van der Waals surface area contributed by atoms with Crippen LogP contribution < -0.4 is 19.5 Å². The van der Waals surface area contributed by atoms with Gasteiger partial charge in [-0.2, -0.15) is 0 Å². The molecule has 1 heterocycles. The number of ether oxygens (including phenoxy) is 3. The van der Waals surface area contributed by atoms with E-state index in [9.17, 15) is 4.79 Å². The number of carbonyl (C=O) groups is 1. The van der Waals surface area contributed by atoms with Crippen LogP contribution >= 0.6 is 11.6 Å². The highest BCUT2D eigenvalue weighted by Crippen LogP contribution is 2.27. The quantitative estimate of drug-likeness (QED) is 0.236. The number of rotatable bonds is 13. The Bertz CT molecular complexity index is 1320. The zero-order valence-corrected chi connectivity index (χ0v) is 22.0. The molecule has 1 N–H and O–H groups in total. The van der Waals surface area contributed by atoms with E-state index in [1.165, 1.54) is 0 Å². The van der Waals surface area contributed by atoms with E-state index in [-0.39, 0.29) is 12.3 Å². The van der Waals surface area contributed by atoms with Crippen molar-refractivity contribution in [3.05, 3.63) is 83.1 Å². The lowest BCUT2D eigenvalue weighted by atomic mass is 10.1. The second-order valence-corrected chi connectivity index (χ2v) is 9.08. The number of hydrogen-bond acceptors (Lipinski definition) is 5. The van der Waals surface area contributed by atoms with Crippen LogP contribution in [0.1, 0.15) is 24.2 Å². The predicted molar refractivity (Wildman–Crippen MR) is 146 cm³/mol. The molecule has 194 valence electrons. The minimum atomic E-state index is -0.0470. The van der Waals surface area contributed by atoms with Gasteiger partial charge >= 0.3 is 0 Å². The number of carbonyl (C=O) groups excluding carboxylic acids is 1. The number of imidazole rings is 1. The lowest BCUT2D eigenvalue weighted by Gasteiger charge is -2.11. The number of nitrogens with zero attached hydrogens (tertiary/aromatic N) is 2. The summed E-state index contributed by atoms with van der Waals surface area (Å²) in [5.41, 5.74) is 2.93. The summed E-state index contributed by atoms with van der Waals surface area (Å²) >= 11 is 5.93. The van der Waals surface area contributed by atoms with E-state index in [0.29, 0.717) is 36.1 Å². The highest BCUT2D eigenvalue weighted by atomic mass is 35.5. The van der Waals surface area contributed by atoms with Crippen LogP contribution in [0, 0.1) is 0 Å². The number of aromatic nitrogens is 2. The van der Waals surface area contributed by atoms with Crippen LogP contribution in [-0.2, 0) is 24.2 Å². The largest absolute Gasteiger partial charge is 0.494 e. The van der Waals surface area contributed by atoms with Crippen LogP contribution in [-0.4, -0.2) is 42.8 Å². The van der Waals surface area contributed by atoms with E-state index in [4.69, 9.17) is 30.8 Å². The van der Waals surface area contributed by atoms with Gasteiger partial charge in [0.15, 0.2) is 11.5 Å². The van der Waals surface area contributed by atoms with Crippen molar-refractivity contribution in [3.8, 4) is 17.2 Å². The summed E-state index contributed by atoms with van der Waals surface area (Å²) in [6.45, 7) is 1.98. The van der Waals surface area contributed by atoms with Gasteiger partial charge < -0.3 is 24.1 Å². The van der Waals surface area contributed by atoms with Gasteiger partial charge in [0.05, 0.1) is 38.3 Å². The van der Waals surface area contributed by atoms with E-state index < -0.39 is 0 Å². The number of hydrogen-bond donors (Lipinski definition) is 1. The number of aryl methyl sites for hydroxylation is 1. The van der Waals surface area contributed by atoms with Crippen LogP contribution in [0.25, 0.3) is 11.0 Å². The summed E-state index contributed by atoms with van der Waals surface area (Å²) in [4.78, 5) is 17.4. The molecule has 1 aromatic heterocycles. The molecular weight excluding hydrogens is 490 g/mol. The molecule has 37 heavy (non-hydrogen) atoms. The lowest BCUT2D eigenvalue weighted by molar-refractivity contribution is -0.120. The van der Waals surface area contributed by atoms with Gasteiger partial charge in [0.1, 0.15) is 11.6 Å². The van der Waals surface area contributed by atoms with Gasteiger partial charge in [0.2, 0.25) is 5.91 Å². The third-order valence-corrected chi connectivity index (χ3v) is 6.33. The maximum absolute atomic E-state index is 12.6. The molecule has 7 nitrogen and oxygen atoms in total. The van der Waals surface area contributed by atoms with Crippen LogP contribution in [0.3, 0.4) is 0 Å². The molecular formula is C29H32ClN3O4. The van der Waals surface area contributed by atoms with Crippen molar-refractivity contribution >= 4 is 28.5 Å². The van der Waals surface area contributed by atoms with Crippen LogP contribution in [0.5, 0.6) is 17.2 Å². The van der Waals surface area contributed by atoms with Crippen molar-refractivity contribution in [2.75, 3.05) is 27.4 Å². The minimum Gasteiger partial charge on any atom is -0.494 e. The lowest BCUT2D eigenvalue weighted by Crippen LogP contribution is -2.28. The average molecular weight is 522 g/mol. The maximum Gasteiger partial charge on any atom is 0.224 e. The Morgan fingerprint density at radius 2 is 1.76 bits per heavy atom. The van der Waals surface area contributed by atoms with E-state index in [1.54, 1.807) is 14.2 Å². The van der Waals surface area contributed by atoms with Gasteiger partial charge in [0, 0.05) is 24.5 Å². The highest BCUT2D eigenvalue weighted by Gasteiger charge is 2.12. The molecule has 0 unspecified atom stereocenters. The van der Waals surface area contributed by atoms with Crippen molar-refractivity contribution in [2.24, 2.45) is 0 Å². The van der Waals surface area contributed by atoms with Crippen LogP contribution in [0.15, 0.2) is 66.7 Å². The second kappa shape index (κ2) is 13.0. The van der Waals surface area contributed by atoms with Gasteiger partial charge in [-0.05, 0) is 66.9 Å². The molecule has 0 aliphatic heterocycles. The first-order valence-electron chi connectivity index (χ1n) is 12.4. The molecule has 0 aliphatic rings. The number of nitrogens with one attached hydrogen (secondary N) is 1.